The molecule has 1 amide bonds. The van der Waals surface area contributed by atoms with E-state index in [-0.39, 0.29) is 18.0 Å². The maximum Gasteiger partial charge on any atom is 0.258 e. The van der Waals surface area contributed by atoms with Crippen molar-refractivity contribution in [2.24, 2.45) is 0 Å². The van der Waals surface area contributed by atoms with Crippen LogP contribution in [0.2, 0.25) is 0 Å². The second kappa shape index (κ2) is 9.53. The summed E-state index contributed by atoms with van der Waals surface area (Å²) in [4.78, 5) is 34.5. The standard InChI is InChI=1S/C25H20BrN3O2/c26-20-10-6-9-18(15-20)13-14-24(30)29(16-19-7-2-1-3-8-19)17-23-27-22-12-5-4-11-21(22)25(31)28-23/h1-15H,16-17H2,(H,27,28,31)/b14-13+. The average molecular weight is 474 g/mol. The fraction of sp³-hybridized carbons (Fsp3) is 0.0800. The Hall–Kier alpha value is -3.51. The van der Waals surface area contributed by atoms with Crippen LogP contribution in [0.5, 0.6) is 0 Å². The minimum absolute atomic E-state index is 0.167. The first-order chi connectivity index (χ1) is 15.1. The summed E-state index contributed by atoms with van der Waals surface area (Å²) >= 11 is 3.44. The van der Waals surface area contributed by atoms with E-state index in [0.717, 1.165) is 15.6 Å². The molecule has 0 radical (unpaired) electrons. The number of hydrogen-bond donors (Lipinski definition) is 1. The van der Waals surface area contributed by atoms with Crippen molar-refractivity contribution < 1.29 is 4.79 Å². The average Bonchev–Trinajstić information content (AvgIpc) is 2.78. The number of nitrogens with zero attached hydrogens (tertiary/aromatic N) is 2. The van der Waals surface area contributed by atoms with Crippen LogP contribution in [0.4, 0.5) is 0 Å². The molecule has 0 saturated heterocycles. The minimum atomic E-state index is -0.211. The van der Waals surface area contributed by atoms with Crippen molar-refractivity contribution in [1.82, 2.24) is 14.9 Å². The highest BCUT2D eigenvalue weighted by atomic mass is 79.9. The van der Waals surface area contributed by atoms with Gasteiger partial charge in [-0.2, -0.15) is 0 Å². The number of carbonyl (C=O) groups excluding carboxylic acids is 1. The molecule has 154 valence electrons. The molecule has 6 heteroatoms. The number of carbonyl (C=O) groups is 1. The van der Waals surface area contributed by atoms with Gasteiger partial charge in [0.25, 0.3) is 5.56 Å². The van der Waals surface area contributed by atoms with E-state index in [4.69, 9.17) is 0 Å². The van der Waals surface area contributed by atoms with E-state index in [1.54, 1.807) is 35.3 Å². The number of halogens is 1. The second-order valence-corrected chi connectivity index (χ2v) is 8.01. The molecule has 0 aliphatic rings. The number of fused-ring (bicyclic) bond motifs is 1. The summed E-state index contributed by atoms with van der Waals surface area (Å²) in [5.74, 6) is 0.281. The molecule has 0 unspecified atom stereocenters. The van der Waals surface area contributed by atoms with Gasteiger partial charge in [-0.15, -0.1) is 0 Å². The number of nitrogens with one attached hydrogen (secondary N) is 1. The molecular weight excluding hydrogens is 454 g/mol. The summed E-state index contributed by atoms with van der Waals surface area (Å²) < 4.78 is 0.946. The molecule has 3 aromatic carbocycles. The zero-order chi connectivity index (χ0) is 21.6. The summed E-state index contributed by atoms with van der Waals surface area (Å²) in [7, 11) is 0. The number of amides is 1. The van der Waals surface area contributed by atoms with Crippen LogP contribution in [-0.2, 0) is 17.9 Å². The normalized spacial score (nSPS) is 11.1. The van der Waals surface area contributed by atoms with Crippen molar-refractivity contribution in [3.63, 3.8) is 0 Å². The van der Waals surface area contributed by atoms with Gasteiger partial charge in [-0.3, -0.25) is 9.59 Å². The number of aromatic nitrogens is 2. The summed E-state index contributed by atoms with van der Waals surface area (Å²) in [5.41, 5.74) is 2.31. The van der Waals surface area contributed by atoms with E-state index in [2.05, 4.69) is 25.9 Å². The van der Waals surface area contributed by atoms with Gasteiger partial charge in [0, 0.05) is 17.1 Å². The minimum Gasteiger partial charge on any atom is -0.327 e. The molecular formula is C25H20BrN3O2. The Balaban J connectivity index is 1.62. The van der Waals surface area contributed by atoms with Crippen molar-refractivity contribution >= 4 is 38.8 Å². The molecule has 1 heterocycles. The van der Waals surface area contributed by atoms with Gasteiger partial charge in [0.2, 0.25) is 5.91 Å². The van der Waals surface area contributed by atoms with E-state index in [0.29, 0.717) is 23.3 Å². The molecule has 31 heavy (non-hydrogen) atoms. The van der Waals surface area contributed by atoms with Crippen LogP contribution < -0.4 is 5.56 Å². The zero-order valence-electron chi connectivity index (χ0n) is 16.7. The number of rotatable bonds is 6. The first kappa shape index (κ1) is 20.8. The maximum atomic E-state index is 13.1. The number of benzene rings is 3. The SMILES string of the molecule is O=C(/C=C/c1cccc(Br)c1)N(Cc1ccccc1)Cc1nc2ccccc2c(=O)[nH]1. The Morgan fingerprint density at radius 1 is 0.968 bits per heavy atom. The Morgan fingerprint density at radius 2 is 1.74 bits per heavy atom. The lowest BCUT2D eigenvalue weighted by Gasteiger charge is -2.21. The van der Waals surface area contributed by atoms with Crippen LogP contribution in [0.3, 0.4) is 0 Å². The van der Waals surface area contributed by atoms with Gasteiger partial charge in [-0.25, -0.2) is 4.98 Å². The molecule has 0 fully saturated rings. The molecule has 4 rings (SSSR count). The van der Waals surface area contributed by atoms with Gasteiger partial charge in [-0.05, 0) is 41.5 Å². The van der Waals surface area contributed by atoms with Crippen LogP contribution in [0.1, 0.15) is 17.0 Å². The smallest absolute Gasteiger partial charge is 0.258 e. The lowest BCUT2D eigenvalue weighted by atomic mass is 10.2. The molecule has 0 aliphatic carbocycles. The number of para-hydroxylation sites is 1. The van der Waals surface area contributed by atoms with Gasteiger partial charge >= 0.3 is 0 Å². The molecule has 0 atom stereocenters. The molecule has 0 spiro atoms. The number of aromatic amines is 1. The topological polar surface area (TPSA) is 66.1 Å². The van der Waals surface area contributed by atoms with Crippen molar-refractivity contribution in [3.8, 4) is 0 Å². The molecule has 4 aromatic rings. The van der Waals surface area contributed by atoms with E-state index >= 15 is 0 Å². The van der Waals surface area contributed by atoms with Gasteiger partial charge in [0.1, 0.15) is 5.82 Å². The van der Waals surface area contributed by atoms with Crippen molar-refractivity contribution in [2.45, 2.75) is 13.1 Å². The lowest BCUT2D eigenvalue weighted by molar-refractivity contribution is -0.127. The van der Waals surface area contributed by atoms with Crippen LogP contribution in [-0.4, -0.2) is 20.8 Å². The maximum absolute atomic E-state index is 13.1. The van der Waals surface area contributed by atoms with Gasteiger partial charge in [0.15, 0.2) is 0 Å². The van der Waals surface area contributed by atoms with E-state index in [1.807, 2.05) is 60.7 Å². The van der Waals surface area contributed by atoms with Gasteiger partial charge in [0.05, 0.1) is 17.4 Å². The molecule has 0 bridgehead atoms. The quantitative estimate of drug-likeness (QED) is 0.403. The highest BCUT2D eigenvalue weighted by molar-refractivity contribution is 9.10. The molecule has 0 aliphatic heterocycles. The van der Waals surface area contributed by atoms with Crippen LogP contribution in [0.15, 0.2) is 94.2 Å². The lowest BCUT2D eigenvalue weighted by Crippen LogP contribution is -2.30. The van der Waals surface area contributed by atoms with Crippen LogP contribution >= 0.6 is 15.9 Å². The number of hydrogen-bond acceptors (Lipinski definition) is 3. The van der Waals surface area contributed by atoms with Gasteiger partial charge in [-0.1, -0.05) is 70.5 Å². The number of H-pyrrole nitrogens is 1. The second-order valence-electron chi connectivity index (χ2n) is 7.10. The Labute approximate surface area is 188 Å². The van der Waals surface area contributed by atoms with Crippen molar-refractivity contribution in [2.75, 3.05) is 0 Å². The molecule has 1 N–H and O–H groups in total. The fourth-order valence-corrected chi connectivity index (χ4v) is 3.71. The summed E-state index contributed by atoms with van der Waals surface area (Å²) in [6.07, 6.45) is 3.32. The Kier molecular flexibility index (Phi) is 6.38. The highest BCUT2D eigenvalue weighted by Crippen LogP contribution is 2.14. The highest BCUT2D eigenvalue weighted by Gasteiger charge is 2.15. The summed E-state index contributed by atoms with van der Waals surface area (Å²) in [6.45, 7) is 0.593. The molecule has 5 nitrogen and oxygen atoms in total. The summed E-state index contributed by atoms with van der Waals surface area (Å²) in [6, 6.07) is 24.6. The first-order valence-corrected chi connectivity index (χ1v) is 10.6. The van der Waals surface area contributed by atoms with E-state index in [9.17, 15) is 9.59 Å². The summed E-state index contributed by atoms with van der Waals surface area (Å²) in [5, 5.41) is 0.529. The largest absolute Gasteiger partial charge is 0.327 e. The fourth-order valence-electron chi connectivity index (χ4n) is 3.29. The molecule has 0 saturated carbocycles. The monoisotopic (exact) mass is 473 g/mol. The molecule has 1 aromatic heterocycles. The first-order valence-electron chi connectivity index (χ1n) is 9.83. The van der Waals surface area contributed by atoms with E-state index in [1.165, 1.54) is 0 Å². The Bertz CT molecular complexity index is 1300. The third kappa shape index (κ3) is 5.35. The third-order valence-electron chi connectivity index (χ3n) is 4.80. The Morgan fingerprint density at radius 3 is 2.55 bits per heavy atom. The van der Waals surface area contributed by atoms with Crippen LogP contribution in [0, 0.1) is 0 Å². The third-order valence-corrected chi connectivity index (χ3v) is 5.29. The zero-order valence-corrected chi connectivity index (χ0v) is 18.2. The van der Waals surface area contributed by atoms with Crippen molar-refractivity contribution in [1.29, 1.82) is 0 Å². The van der Waals surface area contributed by atoms with Gasteiger partial charge < -0.3 is 9.88 Å². The predicted molar refractivity (Wildman–Crippen MR) is 126 cm³/mol. The predicted octanol–water partition coefficient (Wildman–Crippen LogP) is 4.93. The van der Waals surface area contributed by atoms with Crippen molar-refractivity contribution in [3.05, 3.63) is 117 Å². The van der Waals surface area contributed by atoms with E-state index < -0.39 is 0 Å². The van der Waals surface area contributed by atoms with Crippen LogP contribution in [0.25, 0.3) is 17.0 Å².